The van der Waals surface area contributed by atoms with Gasteiger partial charge >= 0.3 is 0 Å². The lowest BCUT2D eigenvalue weighted by molar-refractivity contribution is 0.667. The van der Waals surface area contributed by atoms with E-state index in [-0.39, 0.29) is 0 Å². The van der Waals surface area contributed by atoms with Crippen LogP contribution in [0.3, 0.4) is 0 Å². The van der Waals surface area contributed by atoms with Crippen LogP contribution < -0.4 is 0 Å². The molecule has 0 saturated carbocycles. The zero-order chi connectivity index (χ0) is 37.9. The average Bonchev–Trinajstić information content (AvgIpc) is 3.82. The quantitative estimate of drug-likeness (QED) is 0.170. The predicted octanol–water partition coefficient (Wildman–Crippen LogP) is 12.9. The molecule has 0 aliphatic rings. The molecule has 4 aromatic heterocycles. The third kappa shape index (κ3) is 5.66. The van der Waals surface area contributed by atoms with E-state index in [1.54, 1.807) is 6.20 Å². The number of aromatic nitrogens is 5. The van der Waals surface area contributed by atoms with E-state index in [1.165, 1.54) is 27.4 Å². The van der Waals surface area contributed by atoms with Crippen molar-refractivity contribution in [1.82, 2.24) is 24.5 Å². The Morgan fingerprint density at radius 1 is 0.421 bits per heavy atom. The summed E-state index contributed by atoms with van der Waals surface area (Å²) >= 11 is 0. The molecule has 268 valence electrons. The van der Waals surface area contributed by atoms with E-state index in [0.29, 0.717) is 17.5 Å². The SMILES string of the molecule is Cc1ccc(-n2c3ccccc3c3cc(-c4ccc5oc6cncc(-c7ccc(-c8nc(-c9ccccc9)nc(-c9ccccc9)n8)cc7)c6c5c4)ccc32)cc1. The number of para-hydroxylation sites is 1. The van der Waals surface area contributed by atoms with Crippen LogP contribution in [0.1, 0.15) is 5.56 Å². The summed E-state index contributed by atoms with van der Waals surface area (Å²) in [6, 6.07) is 59.1. The molecule has 0 fully saturated rings. The Balaban J connectivity index is 0.998. The summed E-state index contributed by atoms with van der Waals surface area (Å²) in [5, 5.41) is 4.52. The molecule has 0 amide bonds. The fourth-order valence-corrected chi connectivity index (χ4v) is 7.99. The van der Waals surface area contributed by atoms with Gasteiger partial charge in [0.2, 0.25) is 0 Å². The van der Waals surface area contributed by atoms with E-state index in [4.69, 9.17) is 19.4 Å². The molecule has 0 bridgehead atoms. The van der Waals surface area contributed by atoms with Crippen LogP contribution >= 0.6 is 0 Å². The fraction of sp³-hybridized carbons (Fsp3) is 0.0196. The number of furan rings is 1. The van der Waals surface area contributed by atoms with E-state index < -0.39 is 0 Å². The lowest BCUT2D eigenvalue weighted by Crippen LogP contribution is -2.00. The first-order chi connectivity index (χ1) is 28.1. The molecule has 0 saturated heterocycles. The van der Waals surface area contributed by atoms with Gasteiger partial charge in [0.25, 0.3) is 0 Å². The normalized spacial score (nSPS) is 11.6. The van der Waals surface area contributed by atoms with Gasteiger partial charge in [0.05, 0.1) is 17.2 Å². The predicted molar refractivity (Wildman–Crippen MR) is 231 cm³/mol. The number of aryl methyl sites for hydroxylation is 1. The summed E-state index contributed by atoms with van der Waals surface area (Å²) in [4.78, 5) is 19.3. The Morgan fingerprint density at radius 2 is 0.965 bits per heavy atom. The van der Waals surface area contributed by atoms with Crippen LogP contribution in [0.15, 0.2) is 187 Å². The minimum absolute atomic E-state index is 0.614. The number of pyridine rings is 1. The highest BCUT2D eigenvalue weighted by Crippen LogP contribution is 2.40. The van der Waals surface area contributed by atoms with Crippen LogP contribution in [0.5, 0.6) is 0 Å². The number of nitrogens with zero attached hydrogens (tertiary/aromatic N) is 5. The molecule has 0 aliphatic carbocycles. The summed E-state index contributed by atoms with van der Waals surface area (Å²) in [5.74, 6) is 1.88. The molecule has 0 aliphatic heterocycles. The topological polar surface area (TPSA) is 69.6 Å². The Bertz CT molecular complexity index is 3220. The highest BCUT2D eigenvalue weighted by atomic mass is 16.3. The second kappa shape index (κ2) is 13.3. The molecule has 0 spiro atoms. The summed E-state index contributed by atoms with van der Waals surface area (Å²) in [7, 11) is 0. The Kier molecular flexibility index (Phi) is 7.60. The molecule has 0 atom stereocenters. The van der Waals surface area contributed by atoms with Crippen LogP contribution in [0.2, 0.25) is 0 Å². The zero-order valence-corrected chi connectivity index (χ0v) is 31.0. The highest BCUT2D eigenvalue weighted by molar-refractivity contribution is 6.14. The number of hydrogen-bond donors (Lipinski definition) is 0. The van der Waals surface area contributed by atoms with Crippen molar-refractivity contribution in [2.75, 3.05) is 0 Å². The van der Waals surface area contributed by atoms with Gasteiger partial charge in [-0.15, -0.1) is 0 Å². The van der Waals surface area contributed by atoms with Crippen molar-refractivity contribution >= 4 is 43.7 Å². The summed E-state index contributed by atoms with van der Waals surface area (Å²) in [5.41, 5.74) is 13.4. The van der Waals surface area contributed by atoms with Crippen molar-refractivity contribution in [2.24, 2.45) is 0 Å². The van der Waals surface area contributed by atoms with Crippen LogP contribution in [-0.4, -0.2) is 24.5 Å². The second-order valence-electron chi connectivity index (χ2n) is 14.4. The fourth-order valence-electron chi connectivity index (χ4n) is 7.99. The maximum absolute atomic E-state index is 6.40. The first-order valence-corrected chi connectivity index (χ1v) is 19.0. The molecule has 57 heavy (non-hydrogen) atoms. The second-order valence-corrected chi connectivity index (χ2v) is 14.4. The smallest absolute Gasteiger partial charge is 0.164 e. The highest BCUT2D eigenvalue weighted by Gasteiger charge is 2.18. The van der Waals surface area contributed by atoms with Crippen LogP contribution in [-0.2, 0) is 0 Å². The van der Waals surface area contributed by atoms with Gasteiger partial charge in [0, 0.05) is 55.7 Å². The average molecular weight is 732 g/mol. The van der Waals surface area contributed by atoms with Gasteiger partial charge in [-0.2, -0.15) is 0 Å². The Hall–Kier alpha value is -7.70. The molecule has 0 N–H and O–H groups in total. The lowest BCUT2D eigenvalue weighted by atomic mass is 9.97. The zero-order valence-electron chi connectivity index (χ0n) is 31.0. The molecular formula is C51H33N5O. The molecule has 11 rings (SSSR count). The maximum atomic E-state index is 6.40. The van der Waals surface area contributed by atoms with Crippen LogP contribution in [0.4, 0.5) is 0 Å². The minimum atomic E-state index is 0.614. The standard InChI is InChI=1S/C51H33N5O/c1-32-16-24-39(25-17-32)56-44-15-9-8-14-40(44)41-28-37(22-26-45(41)56)38-23-27-46-42(29-38)48-43(30-52-31-47(48)57-46)33-18-20-36(21-19-33)51-54-49(34-10-4-2-5-11-34)53-50(55-51)35-12-6-3-7-13-35/h2-31H,1H3. The van der Waals surface area contributed by atoms with E-state index >= 15 is 0 Å². The Morgan fingerprint density at radius 3 is 1.65 bits per heavy atom. The molecule has 0 radical (unpaired) electrons. The van der Waals surface area contributed by atoms with Gasteiger partial charge in [-0.05, 0) is 66.1 Å². The van der Waals surface area contributed by atoms with Crippen molar-refractivity contribution in [3.05, 3.63) is 188 Å². The van der Waals surface area contributed by atoms with Crippen LogP contribution in [0.25, 0.3) is 106 Å². The van der Waals surface area contributed by atoms with Gasteiger partial charge in [-0.1, -0.05) is 133 Å². The van der Waals surface area contributed by atoms with E-state index in [0.717, 1.165) is 66.6 Å². The first-order valence-electron chi connectivity index (χ1n) is 19.0. The van der Waals surface area contributed by atoms with Crippen LogP contribution in [0, 0.1) is 6.92 Å². The molecule has 7 aromatic carbocycles. The van der Waals surface area contributed by atoms with Crippen molar-refractivity contribution in [3.8, 4) is 62.1 Å². The van der Waals surface area contributed by atoms with Crippen molar-refractivity contribution in [1.29, 1.82) is 0 Å². The van der Waals surface area contributed by atoms with Gasteiger partial charge in [0.1, 0.15) is 5.58 Å². The molecule has 4 heterocycles. The monoisotopic (exact) mass is 731 g/mol. The van der Waals surface area contributed by atoms with E-state index in [1.807, 2.05) is 66.9 Å². The lowest BCUT2D eigenvalue weighted by Gasteiger charge is -2.09. The van der Waals surface area contributed by atoms with Gasteiger partial charge < -0.3 is 8.98 Å². The summed E-state index contributed by atoms with van der Waals surface area (Å²) in [6.45, 7) is 2.12. The summed E-state index contributed by atoms with van der Waals surface area (Å²) in [6.07, 6.45) is 3.73. The third-order valence-corrected chi connectivity index (χ3v) is 10.8. The largest absolute Gasteiger partial charge is 0.454 e. The minimum Gasteiger partial charge on any atom is -0.454 e. The van der Waals surface area contributed by atoms with Crippen molar-refractivity contribution in [2.45, 2.75) is 6.92 Å². The first kappa shape index (κ1) is 32.7. The number of hydrogen-bond acceptors (Lipinski definition) is 5. The molecule has 0 unspecified atom stereocenters. The third-order valence-electron chi connectivity index (χ3n) is 10.8. The number of benzene rings is 7. The molecule has 11 aromatic rings. The Labute approximate surface area is 328 Å². The number of fused-ring (bicyclic) bond motifs is 6. The number of rotatable bonds is 6. The van der Waals surface area contributed by atoms with Crippen molar-refractivity contribution in [3.63, 3.8) is 0 Å². The molecule has 6 heteroatoms. The van der Waals surface area contributed by atoms with Crippen molar-refractivity contribution < 1.29 is 4.42 Å². The summed E-state index contributed by atoms with van der Waals surface area (Å²) < 4.78 is 8.76. The van der Waals surface area contributed by atoms with E-state index in [2.05, 4.69) is 126 Å². The van der Waals surface area contributed by atoms with Gasteiger partial charge in [-0.25, -0.2) is 15.0 Å². The maximum Gasteiger partial charge on any atom is 0.164 e. The molecule has 6 nitrogen and oxygen atoms in total. The van der Waals surface area contributed by atoms with E-state index in [9.17, 15) is 0 Å². The molecular weight excluding hydrogens is 699 g/mol. The van der Waals surface area contributed by atoms with Gasteiger partial charge in [-0.3, -0.25) is 4.98 Å². The van der Waals surface area contributed by atoms with Gasteiger partial charge in [0.15, 0.2) is 23.1 Å².